The van der Waals surface area contributed by atoms with Gasteiger partial charge in [-0.25, -0.2) is 0 Å². The second kappa shape index (κ2) is 4.24. The average Bonchev–Trinajstić information content (AvgIpc) is 2.53. The lowest BCUT2D eigenvalue weighted by Gasteiger charge is -2.46. The number of nitrogens with zero attached hydrogens (tertiary/aromatic N) is 2. The van der Waals surface area contributed by atoms with Crippen molar-refractivity contribution in [1.29, 1.82) is 0 Å². The Morgan fingerprint density at radius 3 is 3.13 bits per heavy atom. The summed E-state index contributed by atoms with van der Waals surface area (Å²) in [6, 6.07) is 0. The van der Waals surface area contributed by atoms with E-state index in [1.807, 2.05) is 0 Å². The Morgan fingerprint density at radius 2 is 2.47 bits per heavy atom. The Kier molecular flexibility index (Phi) is 3.14. The van der Waals surface area contributed by atoms with Crippen LogP contribution >= 0.6 is 11.8 Å². The Hall–Kier alpha value is -0.380. The summed E-state index contributed by atoms with van der Waals surface area (Å²) in [7, 11) is 0. The number of nitrogens with two attached hydrogens (primary N) is 1. The SMILES string of the molecule is CCCN1C(N)=NCC12CCCSC2C. The van der Waals surface area contributed by atoms with Gasteiger partial charge in [0.15, 0.2) is 5.96 Å². The summed E-state index contributed by atoms with van der Waals surface area (Å²) >= 11 is 2.08. The summed E-state index contributed by atoms with van der Waals surface area (Å²) in [5.41, 5.74) is 6.24. The first-order valence-corrected chi connectivity index (χ1v) is 6.95. The van der Waals surface area contributed by atoms with Gasteiger partial charge in [0.2, 0.25) is 0 Å². The monoisotopic (exact) mass is 227 g/mol. The summed E-state index contributed by atoms with van der Waals surface area (Å²) in [5, 5.41) is 0.655. The molecular formula is C11H21N3S. The lowest BCUT2D eigenvalue weighted by molar-refractivity contribution is 0.179. The van der Waals surface area contributed by atoms with Crippen molar-refractivity contribution in [3.8, 4) is 0 Å². The fourth-order valence-electron chi connectivity index (χ4n) is 2.74. The van der Waals surface area contributed by atoms with Crippen LogP contribution in [0.5, 0.6) is 0 Å². The first kappa shape index (κ1) is 11.1. The molecule has 1 saturated heterocycles. The topological polar surface area (TPSA) is 41.6 Å². The molecule has 0 aromatic heterocycles. The molecule has 0 radical (unpaired) electrons. The maximum absolute atomic E-state index is 6.00. The molecule has 0 aromatic rings. The van der Waals surface area contributed by atoms with Crippen LogP contribution in [0.25, 0.3) is 0 Å². The predicted octanol–water partition coefficient (Wildman–Crippen LogP) is 1.68. The van der Waals surface area contributed by atoms with Gasteiger partial charge in [-0.1, -0.05) is 13.8 Å². The van der Waals surface area contributed by atoms with Crippen LogP contribution in [-0.2, 0) is 0 Å². The highest BCUT2D eigenvalue weighted by atomic mass is 32.2. The number of guanidine groups is 1. The van der Waals surface area contributed by atoms with Gasteiger partial charge in [-0.3, -0.25) is 4.99 Å². The van der Waals surface area contributed by atoms with E-state index < -0.39 is 0 Å². The second-order valence-electron chi connectivity index (χ2n) is 4.55. The molecule has 0 saturated carbocycles. The molecule has 15 heavy (non-hydrogen) atoms. The quantitative estimate of drug-likeness (QED) is 0.780. The van der Waals surface area contributed by atoms with E-state index in [0.717, 1.165) is 25.5 Å². The van der Waals surface area contributed by atoms with E-state index in [1.165, 1.54) is 18.6 Å². The molecule has 3 nitrogen and oxygen atoms in total. The van der Waals surface area contributed by atoms with Crippen molar-refractivity contribution in [2.75, 3.05) is 18.8 Å². The van der Waals surface area contributed by atoms with E-state index in [1.54, 1.807) is 0 Å². The maximum Gasteiger partial charge on any atom is 0.191 e. The van der Waals surface area contributed by atoms with Gasteiger partial charge in [0, 0.05) is 11.8 Å². The van der Waals surface area contributed by atoms with E-state index in [2.05, 4.69) is 35.5 Å². The molecule has 1 fully saturated rings. The maximum atomic E-state index is 6.00. The first-order chi connectivity index (χ1) is 7.20. The summed E-state index contributed by atoms with van der Waals surface area (Å²) < 4.78 is 0. The molecule has 0 amide bonds. The zero-order valence-electron chi connectivity index (χ0n) is 9.70. The largest absolute Gasteiger partial charge is 0.370 e. The molecule has 2 unspecified atom stereocenters. The fourth-order valence-corrected chi connectivity index (χ4v) is 4.03. The Bertz CT molecular complexity index is 267. The summed E-state index contributed by atoms with van der Waals surface area (Å²) in [5.74, 6) is 2.06. The Balaban J connectivity index is 2.19. The van der Waals surface area contributed by atoms with Crippen LogP contribution in [0.15, 0.2) is 4.99 Å². The van der Waals surface area contributed by atoms with Gasteiger partial charge in [-0.2, -0.15) is 11.8 Å². The van der Waals surface area contributed by atoms with E-state index in [0.29, 0.717) is 5.25 Å². The molecule has 2 heterocycles. The molecule has 1 spiro atoms. The molecule has 2 aliphatic rings. The number of hydrogen-bond acceptors (Lipinski definition) is 4. The van der Waals surface area contributed by atoms with Crippen LogP contribution in [0.4, 0.5) is 0 Å². The van der Waals surface area contributed by atoms with Gasteiger partial charge in [0.25, 0.3) is 0 Å². The molecule has 86 valence electrons. The summed E-state index contributed by atoms with van der Waals surface area (Å²) in [4.78, 5) is 6.84. The minimum absolute atomic E-state index is 0.239. The normalized spacial score (nSPS) is 36.0. The molecule has 2 N–H and O–H groups in total. The van der Waals surface area contributed by atoms with Crippen molar-refractivity contribution in [3.63, 3.8) is 0 Å². The third-order valence-corrected chi connectivity index (χ3v) is 5.12. The molecule has 2 atom stereocenters. The van der Waals surface area contributed by atoms with Gasteiger partial charge in [0.1, 0.15) is 0 Å². The van der Waals surface area contributed by atoms with E-state index in [-0.39, 0.29) is 5.54 Å². The highest BCUT2D eigenvalue weighted by Crippen LogP contribution is 2.41. The fraction of sp³-hybridized carbons (Fsp3) is 0.909. The van der Waals surface area contributed by atoms with E-state index >= 15 is 0 Å². The zero-order valence-corrected chi connectivity index (χ0v) is 10.5. The average molecular weight is 227 g/mol. The number of rotatable bonds is 2. The highest BCUT2D eigenvalue weighted by molar-refractivity contribution is 8.00. The van der Waals surface area contributed by atoms with Crippen molar-refractivity contribution in [3.05, 3.63) is 0 Å². The van der Waals surface area contributed by atoms with Crippen LogP contribution in [0.2, 0.25) is 0 Å². The first-order valence-electron chi connectivity index (χ1n) is 5.90. The van der Waals surface area contributed by atoms with Crippen molar-refractivity contribution in [2.45, 2.75) is 43.9 Å². The zero-order chi connectivity index (χ0) is 10.9. The van der Waals surface area contributed by atoms with Crippen molar-refractivity contribution in [2.24, 2.45) is 10.7 Å². The molecule has 4 heteroatoms. The minimum Gasteiger partial charge on any atom is -0.370 e. The van der Waals surface area contributed by atoms with Crippen molar-refractivity contribution in [1.82, 2.24) is 4.90 Å². The highest BCUT2D eigenvalue weighted by Gasteiger charge is 2.47. The smallest absolute Gasteiger partial charge is 0.191 e. The van der Waals surface area contributed by atoms with Gasteiger partial charge in [0.05, 0.1) is 12.1 Å². The van der Waals surface area contributed by atoms with E-state index in [9.17, 15) is 0 Å². The number of thioether (sulfide) groups is 1. The molecule has 2 rings (SSSR count). The lowest BCUT2D eigenvalue weighted by Crippen LogP contribution is -2.58. The molecule has 0 aliphatic carbocycles. The Morgan fingerprint density at radius 1 is 1.67 bits per heavy atom. The third-order valence-electron chi connectivity index (χ3n) is 3.65. The number of hydrogen-bond donors (Lipinski definition) is 1. The molecule has 2 aliphatic heterocycles. The molecule has 0 aromatic carbocycles. The third kappa shape index (κ3) is 1.73. The van der Waals surface area contributed by atoms with Crippen LogP contribution in [-0.4, -0.2) is 40.5 Å². The van der Waals surface area contributed by atoms with Crippen LogP contribution in [0, 0.1) is 0 Å². The van der Waals surface area contributed by atoms with Gasteiger partial charge in [-0.05, 0) is 25.0 Å². The predicted molar refractivity (Wildman–Crippen MR) is 67.4 cm³/mol. The molecular weight excluding hydrogens is 206 g/mol. The Labute approximate surface area is 96.5 Å². The van der Waals surface area contributed by atoms with Crippen molar-refractivity contribution >= 4 is 17.7 Å². The summed E-state index contributed by atoms with van der Waals surface area (Å²) in [6.07, 6.45) is 3.71. The van der Waals surface area contributed by atoms with E-state index in [4.69, 9.17) is 5.73 Å². The second-order valence-corrected chi connectivity index (χ2v) is 5.99. The van der Waals surface area contributed by atoms with Crippen molar-refractivity contribution < 1.29 is 0 Å². The minimum atomic E-state index is 0.239. The van der Waals surface area contributed by atoms with Crippen LogP contribution < -0.4 is 5.73 Å². The van der Waals surface area contributed by atoms with Gasteiger partial charge in [-0.15, -0.1) is 0 Å². The lowest BCUT2D eigenvalue weighted by atomic mass is 9.88. The van der Waals surface area contributed by atoms with Crippen LogP contribution in [0.3, 0.4) is 0 Å². The van der Waals surface area contributed by atoms with Gasteiger partial charge >= 0.3 is 0 Å². The van der Waals surface area contributed by atoms with Crippen LogP contribution in [0.1, 0.15) is 33.1 Å². The standard InChI is InChI=1S/C11H21N3S/c1-3-6-14-10(12)13-8-11(14)5-4-7-15-9(11)2/h9H,3-8H2,1-2H3,(H2,12,13). The molecule has 0 bridgehead atoms. The van der Waals surface area contributed by atoms with Gasteiger partial charge < -0.3 is 10.6 Å². The number of aliphatic imine (C=N–C) groups is 1. The summed E-state index contributed by atoms with van der Waals surface area (Å²) in [6.45, 7) is 6.51.